The van der Waals surface area contributed by atoms with Gasteiger partial charge in [0.2, 0.25) is 16.3 Å². The minimum atomic E-state index is -3.77. The number of hydrogen-bond acceptors (Lipinski definition) is 8. The van der Waals surface area contributed by atoms with Crippen LogP contribution in [0.25, 0.3) is 0 Å². The van der Waals surface area contributed by atoms with E-state index in [9.17, 15) is 8.42 Å². The number of benzene rings is 1. The number of ether oxygens (including phenoxy) is 1. The van der Waals surface area contributed by atoms with E-state index in [2.05, 4.69) is 32.3 Å². The van der Waals surface area contributed by atoms with Crippen molar-refractivity contribution >= 4 is 21.5 Å². The molecule has 2 unspecified atom stereocenters. The maximum absolute atomic E-state index is 11.6. The summed E-state index contributed by atoms with van der Waals surface area (Å²) in [6.45, 7) is 3.98. The molecule has 3 aliphatic heterocycles. The van der Waals surface area contributed by atoms with E-state index in [1.807, 2.05) is 7.05 Å². The van der Waals surface area contributed by atoms with Crippen molar-refractivity contribution in [3.63, 3.8) is 0 Å². The molecule has 9 nitrogen and oxygen atoms in total. The number of fused-ring (bicyclic) bond motifs is 2. The number of sulfonamides is 1. The number of primary sulfonamides is 1. The third-order valence-electron chi connectivity index (χ3n) is 5.32. The topological polar surface area (TPSA) is 103 Å². The maximum Gasteiger partial charge on any atom is 0.238 e. The second-order valence-corrected chi connectivity index (χ2v) is 8.60. The van der Waals surface area contributed by atoms with Crippen molar-refractivity contribution < 1.29 is 13.2 Å². The van der Waals surface area contributed by atoms with Crippen molar-refractivity contribution in [1.82, 2.24) is 15.2 Å². The molecule has 26 heavy (non-hydrogen) atoms. The lowest BCUT2D eigenvalue weighted by molar-refractivity contribution is 0.110. The smallest absolute Gasteiger partial charge is 0.238 e. The zero-order valence-corrected chi connectivity index (χ0v) is 15.7. The molecular weight excluding hydrogens is 356 g/mol. The Labute approximate surface area is 153 Å². The monoisotopic (exact) mass is 380 g/mol. The second-order valence-electron chi connectivity index (χ2n) is 7.04. The highest BCUT2D eigenvalue weighted by molar-refractivity contribution is 7.89. The number of nitrogens with one attached hydrogen (secondary N) is 1. The quantitative estimate of drug-likeness (QED) is 0.671. The molecule has 3 heterocycles. The molecular formula is C16H24N6O3S. The van der Waals surface area contributed by atoms with Gasteiger partial charge in [0.15, 0.2) is 0 Å². The molecule has 3 N–H and O–H groups in total. The van der Waals surface area contributed by atoms with Crippen LogP contribution in [0, 0.1) is 0 Å². The fraction of sp³-hybridized carbons (Fsp3) is 0.562. The number of nitrogens with zero attached hydrogens (tertiary/aromatic N) is 4. The van der Waals surface area contributed by atoms with Crippen molar-refractivity contribution in [3.05, 3.63) is 18.2 Å². The van der Waals surface area contributed by atoms with Crippen LogP contribution in [-0.4, -0.2) is 76.6 Å². The van der Waals surface area contributed by atoms with E-state index in [4.69, 9.17) is 9.88 Å². The van der Waals surface area contributed by atoms with E-state index in [-0.39, 0.29) is 17.2 Å². The Kier molecular flexibility index (Phi) is 4.20. The average Bonchev–Trinajstić information content (AvgIpc) is 2.61. The van der Waals surface area contributed by atoms with Crippen LogP contribution in [0.5, 0.6) is 5.75 Å². The van der Waals surface area contributed by atoms with Gasteiger partial charge in [0, 0.05) is 45.7 Å². The molecule has 0 amide bonds. The molecule has 0 bridgehead atoms. The molecule has 2 atom stereocenters. The summed E-state index contributed by atoms with van der Waals surface area (Å²) >= 11 is 0. The molecule has 0 radical (unpaired) electrons. The molecule has 10 heteroatoms. The van der Waals surface area contributed by atoms with Crippen LogP contribution in [0.1, 0.15) is 6.42 Å². The van der Waals surface area contributed by atoms with Gasteiger partial charge in [-0.2, -0.15) is 5.10 Å². The maximum atomic E-state index is 11.6. The van der Waals surface area contributed by atoms with E-state index in [0.717, 1.165) is 44.1 Å². The van der Waals surface area contributed by atoms with Gasteiger partial charge in [-0.05, 0) is 19.2 Å². The highest BCUT2D eigenvalue weighted by Crippen LogP contribution is 2.38. The zero-order valence-electron chi connectivity index (χ0n) is 14.9. The normalized spacial score (nSPS) is 26.3. The SMILES string of the molecule is CN1CCN(C2=NNC3Oc4cc(S(N)(=O)=O)ccc4N(C)C3C2)CC1. The minimum Gasteiger partial charge on any atom is -0.465 e. The van der Waals surface area contributed by atoms with Gasteiger partial charge in [-0.25, -0.2) is 13.6 Å². The Morgan fingerprint density at radius 2 is 1.96 bits per heavy atom. The Balaban J connectivity index is 1.56. The number of likely N-dealkylation sites (N-methyl/N-ethyl adjacent to an activating group) is 2. The first-order valence-corrected chi connectivity index (χ1v) is 10.2. The molecule has 1 aromatic carbocycles. The Morgan fingerprint density at radius 3 is 2.65 bits per heavy atom. The van der Waals surface area contributed by atoms with Gasteiger partial charge in [0.05, 0.1) is 16.6 Å². The lowest BCUT2D eigenvalue weighted by atomic mass is 10.0. The van der Waals surface area contributed by atoms with Crippen molar-refractivity contribution in [2.24, 2.45) is 10.2 Å². The molecule has 0 saturated carbocycles. The van der Waals surface area contributed by atoms with Crippen LogP contribution in [0.3, 0.4) is 0 Å². The molecule has 3 aliphatic rings. The Hall–Kier alpha value is -2.04. The first kappa shape index (κ1) is 17.4. The summed E-state index contributed by atoms with van der Waals surface area (Å²) in [5.74, 6) is 1.53. The average molecular weight is 380 g/mol. The lowest BCUT2D eigenvalue weighted by Crippen LogP contribution is -2.60. The fourth-order valence-corrected chi connectivity index (χ4v) is 4.17. The van der Waals surface area contributed by atoms with Crippen LogP contribution in [0.4, 0.5) is 5.69 Å². The Morgan fingerprint density at radius 1 is 1.23 bits per heavy atom. The summed E-state index contributed by atoms with van der Waals surface area (Å²) in [6.07, 6.45) is 0.438. The van der Waals surface area contributed by atoms with Crippen LogP contribution >= 0.6 is 0 Å². The molecule has 0 aliphatic carbocycles. The largest absolute Gasteiger partial charge is 0.465 e. The van der Waals surface area contributed by atoms with Gasteiger partial charge in [-0.15, -0.1) is 0 Å². The minimum absolute atomic E-state index is 0.0422. The summed E-state index contributed by atoms with van der Waals surface area (Å²) in [4.78, 5) is 6.79. The molecule has 1 aromatic rings. The van der Waals surface area contributed by atoms with Crippen molar-refractivity contribution in [2.45, 2.75) is 23.6 Å². The van der Waals surface area contributed by atoms with Crippen LogP contribution in [-0.2, 0) is 10.0 Å². The van der Waals surface area contributed by atoms with Crippen LogP contribution < -0.4 is 20.2 Å². The molecule has 1 saturated heterocycles. The van der Waals surface area contributed by atoms with Crippen LogP contribution in [0.2, 0.25) is 0 Å². The number of nitrogens with two attached hydrogens (primary N) is 1. The predicted octanol–water partition coefficient (Wildman–Crippen LogP) is -0.588. The van der Waals surface area contributed by atoms with Gasteiger partial charge in [-0.1, -0.05) is 0 Å². The van der Waals surface area contributed by atoms with E-state index in [0.29, 0.717) is 5.75 Å². The van der Waals surface area contributed by atoms with Gasteiger partial charge in [-0.3, -0.25) is 5.43 Å². The van der Waals surface area contributed by atoms with Crippen LogP contribution in [0.15, 0.2) is 28.2 Å². The van der Waals surface area contributed by atoms with E-state index in [1.54, 1.807) is 6.07 Å². The van der Waals surface area contributed by atoms with Gasteiger partial charge >= 0.3 is 0 Å². The molecule has 0 aromatic heterocycles. The van der Waals surface area contributed by atoms with Crippen molar-refractivity contribution in [2.75, 3.05) is 45.2 Å². The third kappa shape index (κ3) is 3.08. The summed E-state index contributed by atoms with van der Waals surface area (Å²) in [5, 5.41) is 9.74. The highest BCUT2D eigenvalue weighted by atomic mass is 32.2. The number of piperazine rings is 1. The van der Waals surface area contributed by atoms with E-state index < -0.39 is 10.0 Å². The van der Waals surface area contributed by atoms with Gasteiger partial charge < -0.3 is 19.4 Å². The summed E-state index contributed by atoms with van der Waals surface area (Å²) < 4.78 is 29.2. The van der Waals surface area contributed by atoms with Gasteiger partial charge in [0.25, 0.3) is 0 Å². The lowest BCUT2D eigenvalue weighted by Gasteiger charge is -2.45. The number of amidine groups is 1. The number of rotatable bonds is 1. The standard InChI is InChI=1S/C16H24N6O3S/c1-20-5-7-22(8-6-20)15-10-13-16(19-18-15)25-14-9-11(26(17,23)24)3-4-12(14)21(13)2/h3-4,9,13,16,19H,5-8,10H2,1-2H3,(H2,17,23,24). The Bertz CT molecular complexity index is 834. The number of anilines is 1. The molecule has 0 spiro atoms. The van der Waals surface area contributed by atoms with Gasteiger partial charge in [0.1, 0.15) is 11.6 Å². The highest BCUT2D eigenvalue weighted by Gasteiger charge is 2.39. The summed E-state index contributed by atoms with van der Waals surface area (Å²) in [5.41, 5.74) is 3.94. The van der Waals surface area contributed by atoms with E-state index >= 15 is 0 Å². The fourth-order valence-electron chi connectivity index (χ4n) is 3.65. The van der Waals surface area contributed by atoms with Crippen molar-refractivity contribution in [1.29, 1.82) is 0 Å². The summed E-state index contributed by atoms with van der Waals surface area (Å²) in [6, 6.07) is 4.81. The second kappa shape index (κ2) is 6.29. The zero-order chi connectivity index (χ0) is 18.5. The predicted molar refractivity (Wildman–Crippen MR) is 98.7 cm³/mol. The number of hydrazone groups is 1. The first-order valence-electron chi connectivity index (χ1n) is 8.65. The molecule has 4 rings (SSSR count). The molecule has 1 fully saturated rings. The first-order chi connectivity index (χ1) is 12.3. The third-order valence-corrected chi connectivity index (χ3v) is 6.23. The molecule has 142 valence electrons. The van der Waals surface area contributed by atoms with Crippen molar-refractivity contribution in [3.8, 4) is 5.75 Å². The summed E-state index contributed by atoms with van der Waals surface area (Å²) in [7, 11) is 0.351. The number of hydrogen-bond donors (Lipinski definition) is 2. The van der Waals surface area contributed by atoms with E-state index in [1.165, 1.54) is 12.1 Å².